The van der Waals surface area contributed by atoms with Crippen molar-refractivity contribution in [2.24, 2.45) is 0 Å². The molecule has 3 N–H and O–H groups in total. The highest BCUT2D eigenvalue weighted by molar-refractivity contribution is 7.80. The predicted octanol–water partition coefficient (Wildman–Crippen LogP) is 1.43. The van der Waals surface area contributed by atoms with E-state index in [1.807, 2.05) is 0 Å². The molecule has 0 heterocycles. The smallest absolute Gasteiger partial charge is 0.238 e. The molecule has 19 heavy (non-hydrogen) atoms. The van der Waals surface area contributed by atoms with Gasteiger partial charge >= 0.3 is 0 Å². The lowest BCUT2D eigenvalue weighted by molar-refractivity contribution is -0.121. The van der Waals surface area contributed by atoms with Gasteiger partial charge in [0, 0.05) is 30.3 Å². The Bertz CT molecular complexity index is 443. The highest BCUT2D eigenvalue weighted by atomic mass is 32.1. The Morgan fingerprint density at radius 2 is 1.74 bits per heavy atom. The third-order valence-corrected chi connectivity index (χ3v) is 2.45. The Hall–Kier alpha value is -2.02. The Morgan fingerprint density at radius 3 is 2.21 bits per heavy atom. The summed E-state index contributed by atoms with van der Waals surface area (Å²) in [5.41, 5.74) is 5.74. The number of thiocarbonyl (C=S) groups is 1. The van der Waals surface area contributed by atoms with Gasteiger partial charge in [-0.2, -0.15) is 0 Å². The van der Waals surface area contributed by atoms with Crippen molar-refractivity contribution in [3.05, 3.63) is 18.2 Å². The van der Waals surface area contributed by atoms with Crippen LogP contribution in [0.3, 0.4) is 0 Å². The first-order chi connectivity index (χ1) is 9.08. The van der Waals surface area contributed by atoms with Crippen LogP contribution in [0, 0.1) is 0 Å². The topological polar surface area (TPSA) is 71.6 Å². The Morgan fingerprint density at radius 1 is 1.16 bits per heavy atom. The van der Waals surface area contributed by atoms with Gasteiger partial charge in [0.2, 0.25) is 5.91 Å². The third-order valence-electron chi connectivity index (χ3n) is 2.25. The monoisotopic (exact) mass is 283 g/mol. The lowest BCUT2D eigenvalue weighted by Gasteiger charge is -2.13. The van der Waals surface area contributed by atoms with E-state index in [0.29, 0.717) is 23.6 Å². The van der Waals surface area contributed by atoms with Crippen LogP contribution < -0.4 is 25.6 Å². The molecule has 1 aromatic rings. The van der Waals surface area contributed by atoms with Crippen molar-refractivity contribution in [3.63, 3.8) is 0 Å². The quantitative estimate of drug-likeness (QED) is 0.573. The maximum absolute atomic E-state index is 11.1. The largest absolute Gasteiger partial charge is 0.497 e. The SMILES string of the molecule is CCC(=O)NNC(=S)Nc1cc(OC)cc(OC)c1. The second kappa shape index (κ2) is 7.42. The normalized spacial score (nSPS) is 9.42. The number of hydrazine groups is 1. The van der Waals surface area contributed by atoms with E-state index in [-0.39, 0.29) is 11.0 Å². The molecule has 7 heteroatoms. The molecule has 1 rings (SSSR count). The van der Waals surface area contributed by atoms with E-state index in [0.717, 1.165) is 0 Å². The zero-order valence-electron chi connectivity index (χ0n) is 11.1. The van der Waals surface area contributed by atoms with E-state index in [1.165, 1.54) is 0 Å². The van der Waals surface area contributed by atoms with Crippen molar-refractivity contribution >= 4 is 28.9 Å². The van der Waals surface area contributed by atoms with Gasteiger partial charge in [0.25, 0.3) is 0 Å². The summed E-state index contributed by atoms with van der Waals surface area (Å²) < 4.78 is 10.3. The highest BCUT2D eigenvalue weighted by Gasteiger charge is 2.04. The van der Waals surface area contributed by atoms with Crippen molar-refractivity contribution in [2.75, 3.05) is 19.5 Å². The summed E-state index contributed by atoms with van der Waals surface area (Å²) >= 11 is 5.04. The van der Waals surface area contributed by atoms with Gasteiger partial charge in [-0.15, -0.1) is 0 Å². The van der Waals surface area contributed by atoms with Gasteiger partial charge in [-0.1, -0.05) is 6.92 Å². The van der Waals surface area contributed by atoms with Gasteiger partial charge in [0.05, 0.1) is 14.2 Å². The van der Waals surface area contributed by atoms with Crippen LogP contribution in [-0.4, -0.2) is 25.2 Å². The molecule has 0 saturated carbocycles. The molecule has 104 valence electrons. The number of rotatable bonds is 4. The Balaban J connectivity index is 2.65. The number of anilines is 1. The molecule has 0 aliphatic heterocycles. The van der Waals surface area contributed by atoms with Crippen LogP contribution in [0.4, 0.5) is 5.69 Å². The molecule has 0 atom stereocenters. The minimum absolute atomic E-state index is 0.146. The molecule has 0 saturated heterocycles. The maximum atomic E-state index is 11.1. The first-order valence-corrected chi connectivity index (χ1v) is 6.08. The van der Waals surface area contributed by atoms with Crippen molar-refractivity contribution in [1.29, 1.82) is 0 Å². The summed E-state index contributed by atoms with van der Waals surface area (Å²) in [5, 5.41) is 3.19. The molecular weight excluding hydrogens is 266 g/mol. The van der Waals surface area contributed by atoms with Gasteiger partial charge in [0.1, 0.15) is 11.5 Å². The summed E-state index contributed by atoms with van der Waals surface area (Å²) in [7, 11) is 3.13. The number of ether oxygens (including phenoxy) is 2. The first kappa shape index (κ1) is 15.0. The van der Waals surface area contributed by atoms with Gasteiger partial charge in [-0.3, -0.25) is 15.6 Å². The standard InChI is InChI=1S/C12H17N3O3S/c1-4-11(16)14-15-12(19)13-8-5-9(17-2)7-10(6-8)18-3/h5-7H,4H2,1-3H3,(H,14,16)(H2,13,15,19). The van der Waals surface area contributed by atoms with Crippen molar-refractivity contribution in [3.8, 4) is 11.5 Å². The van der Waals surface area contributed by atoms with Gasteiger partial charge in [-0.25, -0.2) is 0 Å². The van der Waals surface area contributed by atoms with E-state index in [1.54, 1.807) is 39.3 Å². The summed E-state index contributed by atoms with van der Waals surface area (Å²) in [6.45, 7) is 1.75. The molecule has 1 aromatic carbocycles. The number of nitrogens with one attached hydrogen (secondary N) is 3. The van der Waals surface area contributed by atoms with Crippen molar-refractivity contribution < 1.29 is 14.3 Å². The summed E-state index contributed by atoms with van der Waals surface area (Å²) in [6, 6.07) is 5.27. The average Bonchev–Trinajstić information content (AvgIpc) is 2.44. The van der Waals surface area contributed by atoms with Crippen LogP contribution in [0.2, 0.25) is 0 Å². The second-order valence-corrected chi connectivity index (χ2v) is 3.99. The maximum Gasteiger partial charge on any atom is 0.238 e. The van der Waals surface area contributed by atoms with Crippen LogP contribution in [0.1, 0.15) is 13.3 Å². The number of methoxy groups -OCH3 is 2. The molecule has 0 aromatic heterocycles. The van der Waals surface area contributed by atoms with E-state index in [2.05, 4.69) is 16.2 Å². The molecule has 0 aliphatic rings. The Kier molecular flexibility index (Phi) is 5.87. The van der Waals surface area contributed by atoms with E-state index >= 15 is 0 Å². The lowest BCUT2D eigenvalue weighted by atomic mass is 10.3. The Labute approximate surface area is 117 Å². The minimum Gasteiger partial charge on any atom is -0.497 e. The molecule has 0 spiro atoms. The summed E-state index contributed by atoms with van der Waals surface area (Å²) in [6.07, 6.45) is 0.378. The molecule has 0 bridgehead atoms. The molecular formula is C12H17N3O3S. The third kappa shape index (κ3) is 5.01. The molecule has 0 radical (unpaired) electrons. The van der Waals surface area contributed by atoms with Crippen LogP contribution in [0.25, 0.3) is 0 Å². The van der Waals surface area contributed by atoms with Crippen LogP contribution in [-0.2, 0) is 4.79 Å². The van der Waals surface area contributed by atoms with Crippen LogP contribution in [0.15, 0.2) is 18.2 Å². The molecule has 6 nitrogen and oxygen atoms in total. The summed E-state index contributed by atoms with van der Waals surface area (Å²) in [5.74, 6) is 1.14. The average molecular weight is 283 g/mol. The zero-order valence-corrected chi connectivity index (χ0v) is 11.9. The lowest BCUT2D eigenvalue weighted by Crippen LogP contribution is -2.43. The number of hydrogen-bond donors (Lipinski definition) is 3. The molecule has 1 amide bonds. The van der Waals surface area contributed by atoms with Gasteiger partial charge in [-0.05, 0) is 12.2 Å². The highest BCUT2D eigenvalue weighted by Crippen LogP contribution is 2.25. The van der Waals surface area contributed by atoms with E-state index in [4.69, 9.17) is 21.7 Å². The molecule has 0 fully saturated rings. The van der Waals surface area contributed by atoms with Crippen LogP contribution >= 0.6 is 12.2 Å². The van der Waals surface area contributed by atoms with Crippen molar-refractivity contribution in [1.82, 2.24) is 10.9 Å². The van der Waals surface area contributed by atoms with Crippen molar-refractivity contribution in [2.45, 2.75) is 13.3 Å². The van der Waals surface area contributed by atoms with Gasteiger partial charge in [0.15, 0.2) is 5.11 Å². The number of carbonyl (C=O) groups excluding carboxylic acids is 1. The fourth-order valence-corrected chi connectivity index (χ4v) is 1.43. The number of carbonyl (C=O) groups is 1. The number of amides is 1. The van der Waals surface area contributed by atoms with Gasteiger partial charge < -0.3 is 14.8 Å². The van der Waals surface area contributed by atoms with Crippen LogP contribution in [0.5, 0.6) is 11.5 Å². The first-order valence-electron chi connectivity index (χ1n) is 5.68. The predicted molar refractivity (Wildman–Crippen MR) is 77.3 cm³/mol. The number of hydrogen-bond acceptors (Lipinski definition) is 4. The molecule has 0 aliphatic carbocycles. The zero-order chi connectivity index (χ0) is 14.3. The fourth-order valence-electron chi connectivity index (χ4n) is 1.26. The second-order valence-electron chi connectivity index (χ2n) is 3.58. The molecule has 0 unspecified atom stereocenters. The number of benzene rings is 1. The fraction of sp³-hybridized carbons (Fsp3) is 0.333. The van der Waals surface area contributed by atoms with E-state index < -0.39 is 0 Å². The minimum atomic E-state index is -0.146. The van der Waals surface area contributed by atoms with E-state index in [9.17, 15) is 4.79 Å². The summed E-state index contributed by atoms with van der Waals surface area (Å²) in [4.78, 5) is 11.1.